The van der Waals surface area contributed by atoms with Gasteiger partial charge in [-0.15, -0.1) is 4.73 Å². The Balaban J connectivity index is 2.01. The summed E-state index contributed by atoms with van der Waals surface area (Å²) in [4.78, 5) is 15.6. The number of benzene rings is 2. The summed E-state index contributed by atoms with van der Waals surface area (Å²) in [5.74, 6) is -1.12. The smallest absolute Gasteiger partial charge is 0.335 e. The second kappa shape index (κ2) is 6.41. The van der Waals surface area contributed by atoms with Gasteiger partial charge in [0.05, 0.1) is 11.3 Å². The Morgan fingerprint density at radius 2 is 1.82 bits per heavy atom. The standard InChI is InChI=1S/C20H19N5O3/c1-2-7-24-16-8-11(15-10-18(21)25(28)20(22)23-15)3-5-13(16)14-6-4-12(19(26)27)9-17(14)24/h3-6,8-10,21,28H,2,7H2,1H3,(H2,22,23)(H,26,27). The van der Waals surface area contributed by atoms with Crippen LogP contribution in [-0.2, 0) is 6.54 Å². The van der Waals surface area contributed by atoms with Crippen molar-refractivity contribution in [3.63, 3.8) is 0 Å². The number of nitrogens with two attached hydrogens (primary N) is 1. The Hall–Kier alpha value is -3.81. The second-order valence-corrected chi connectivity index (χ2v) is 6.62. The van der Waals surface area contributed by atoms with Crippen LogP contribution in [0.5, 0.6) is 0 Å². The van der Waals surface area contributed by atoms with E-state index in [1.54, 1.807) is 12.1 Å². The maximum atomic E-state index is 11.4. The van der Waals surface area contributed by atoms with Crippen molar-refractivity contribution in [2.75, 3.05) is 5.73 Å². The number of aromatic carboxylic acids is 1. The highest BCUT2D eigenvalue weighted by atomic mass is 16.5. The number of hydrogen-bond acceptors (Lipinski definition) is 5. The number of nitrogens with one attached hydrogen (secondary N) is 1. The molecule has 0 aliphatic carbocycles. The van der Waals surface area contributed by atoms with Crippen molar-refractivity contribution < 1.29 is 15.1 Å². The summed E-state index contributed by atoms with van der Waals surface area (Å²) < 4.78 is 2.62. The molecule has 8 heteroatoms. The third-order valence-corrected chi connectivity index (χ3v) is 4.81. The van der Waals surface area contributed by atoms with Gasteiger partial charge in [-0.05, 0) is 24.6 Å². The largest absolute Gasteiger partial charge is 0.478 e. The average Bonchev–Trinajstić information content (AvgIpc) is 2.98. The van der Waals surface area contributed by atoms with Crippen LogP contribution in [0.3, 0.4) is 0 Å². The van der Waals surface area contributed by atoms with Gasteiger partial charge < -0.3 is 20.6 Å². The number of aromatic nitrogens is 3. The molecule has 0 aliphatic heterocycles. The van der Waals surface area contributed by atoms with Gasteiger partial charge in [0.25, 0.3) is 0 Å². The molecule has 0 spiro atoms. The normalized spacial score (nSPS) is 11.3. The van der Waals surface area contributed by atoms with Gasteiger partial charge >= 0.3 is 5.97 Å². The lowest BCUT2D eigenvalue weighted by atomic mass is 10.1. The summed E-state index contributed by atoms with van der Waals surface area (Å²) in [6, 6.07) is 12.4. The predicted molar refractivity (Wildman–Crippen MR) is 105 cm³/mol. The quantitative estimate of drug-likeness (QED) is 0.406. The van der Waals surface area contributed by atoms with Crippen molar-refractivity contribution in [2.24, 2.45) is 0 Å². The first-order valence-electron chi connectivity index (χ1n) is 8.83. The van der Waals surface area contributed by atoms with Gasteiger partial charge in [0.15, 0.2) is 5.49 Å². The number of hydrogen-bond donors (Lipinski definition) is 4. The summed E-state index contributed by atoms with van der Waals surface area (Å²) in [5.41, 5.74) is 8.81. The van der Waals surface area contributed by atoms with Crippen molar-refractivity contribution in [1.29, 1.82) is 5.41 Å². The summed E-state index contributed by atoms with van der Waals surface area (Å²) >= 11 is 0. The van der Waals surface area contributed by atoms with Crippen molar-refractivity contribution in [2.45, 2.75) is 19.9 Å². The molecule has 8 nitrogen and oxygen atoms in total. The van der Waals surface area contributed by atoms with Gasteiger partial charge in [-0.1, -0.05) is 25.1 Å². The highest BCUT2D eigenvalue weighted by Gasteiger charge is 2.14. The molecule has 4 aromatic rings. The fraction of sp³-hybridized carbons (Fsp3) is 0.150. The van der Waals surface area contributed by atoms with Gasteiger partial charge in [-0.3, -0.25) is 5.41 Å². The predicted octanol–water partition coefficient (Wildman–Crippen LogP) is 3.07. The molecular weight excluding hydrogens is 358 g/mol. The van der Waals surface area contributed by atoms with Gasteiger partial charge in [-0.25, -0.2) is 9.78 Å². The molecule has 0 atom stereocenters. The number of nitrogens with zero attached hydrogens (tertiary/aromatic N) is 3. The van der Waals surface area contributed by atoms with E-state index in [4.69, 9.17) is 11.1 Å². The van der Waals surface area contributed by atoms with Crippen LogP contribution in [-0.4, -0.2) is 30.6 Å². The lowest BCUT2D eigenvalue weighted by molar-refractivity contribution is 0.0697. The van der Waals surface area contributed by atoms with Crippen molar-refractivity contribution in [3.05, 3.63) is 53.5 Å². The third kappa shape index (κ3) is 2.66. The van der Waals surface area contributed by atoms with Gasteiger partial charge in [0.1, 0.15) is 0 Å². The minimum Gasteiger partial charge on any atom is -0.478 e. The molecule has 0 fully saturated rings. The van der Waals surface area contributed by atoms with Crippen LogP contribution in [0.2, 0.25) is 0 Å². The van der Waals surface area contributed by atoms with E-state index in [1.165, 1.54) is 6.07 Å². The number of fused-ring (bicyclic) bond motifs is 3. The zero-order valence-corrected chi connectivity index (χ0v) is 15.2. The fourth-order valence-electron chi connectivity index (χ4n) is 3.52. The molecule has 2 heterocycles. The molecule has 0 saturated heterocycles. The zero-order valence-electron chi connectivity index (χ0n) is 15.2. The van der Waals surface area contributed by atoms with E-state index in [-0.39, 0.29) is 17.0 Å². The summed E-state index contributed by atoms with van der Waals surface area (Å²) in [7, 11) is 0. The van der Waals surface area contributed by atoms with Crippen molar-refractivity contribution in [1.82, 2.24) is 14.3 Å². The highest BCUT2D eigenvalue weighted by Crippen LogP contribution is 2.33. The number of carboxylic acids is 1. The van der Waals surface area contributed by atoms with E-state index in [0.29, 0.717) is 10.4 Å². The first kappa shape index (κ1) is 17.6. The number of carboxylic acid groups (broad SMARTS) is 1. The van der Waals surface area contributed by atoms with Crippen LogP contribution >= 0.6 is 0 Å². The second-order valence-electron chi connectivity index (χ2n) is 6.62. The summed E-state index contributed by atoms with van der Waals surface area (Å²) in [6.07, 6.45) is 0.887. The molecule has 5 N–H and O–H groups in total. The van der Waals surface area contributed by atoms with Crippen molar-refractivity contribution >= 4 is 33.7 Å². The molecular formula is C20H19N5O3. The van der Waals surface area contributed by atoms with E-state index in [2.05, 4.69) is 16.5 Å². The van der Waals surface area contributed by atoms with Gasteiger partial charge in [-0.2, -0.15) is 0 Å². The first-order valence-corrected chi connectivity index (χ1v) is 8.83. The Morgan fingerprint density at radius 1 is 1.14 bits per heavy atom. The van der Waals surface area contributed by atoms with Crippen LogP contribution < -0.4 is 11.2 Å². The molecule has 0 radical (unpaired) electrons. The summed E-state index contributed by atoms with van der Waals surface area (Å²) in [6.45, 7) is 2.80. The molecule has 0 bridgehead atoms. The third-order valence-electron chi connectivity index (χ3n) is 4.81. The molecule has 4 rings (SSSR count). The number of carbonyl (C=O) groups is 1. The molecule has 0 unspecified atom stereocenters. The first-order chi connectivity index (χ1) is 13.4. The zero-order chi connectivity index (χ0) is 20.0. The average molecular weight is 377 g/mol. The maximum Gasteiger partial charge on any atom is 0.335 e. The Kier molecular flexibility index (Phi) is 4.03. The summed E-state index contributed by atoms with van der Waals surface area (Å²) in [5, 5.41) is 28.8. The Labute approximate surface area is 159 Å². The minimum atomic E-state index is -0.958. The molecule has 2 aromatic heterocycles. The van der Waals surface area contributed by atoms with E-state index in [1.807, 2.05) is 24.3 Å². The molecule has 0 amide bonds. The topological polar surface area (TPSA) is 130 Å². The molecule has 0 saturated carbocycles. The van der Waals surface area contributed by atoms with Gasteiger partial charge in [0, 0.05) is 40.0 Å². The van der Waals surface area contributed by atoms with Crippen LogP contribution in [0.25, 0.3) is 33.1 Å². The minimum absolute atomic E-state index is 0.164. The van der Waals surface area contributed by atoms with Crippen molar-refractivity contribution in [3.8, 4) is 11.3 Å². The molecule has 142 valence electrons. The lowest BCUT2D eigenvalue weighted by Gasteiger charge is -2.08. The Morgan fingerprint density at radius 3 is 2.46 bits per heavy atom. The number of anilines is 1. The molecule has 0 aliphatic rings. The number of aryl methyl sites for hydroxylation is 1. The lowest BCUT2D eigenvalue weighted by Crippen LogP contribution is -2.21. The van der Waals surface area contributed by atoms with Gasteiger partial charge in [0.2, 0.25) is 5.95 Å². The van der Waals surface area contributed by atoms with E-state index >= 15 is 0 Å². The monoisotopic (exact) mass is 377 g/mol. The van der Waals surface area contributed by atoms with Crippen LogP contribution in [0, 0.1) is 5.41 Å². The van der Waals surface area contributed by atoms with E-state index in [0.717, 1.165) is 40.3 Å². The number of nitrogen functional groups attached to an aromatic ring is 1. The molecule has 28 heavy (non-hydrogen) atoms. The van der Waals surface area contributed by atoms with Crippen LogP contribution in [0.15, 0.2) is 42.5 Å². The maximum absolute atomic E-state index is 11.4. The Bertz CT molecular complexity index is 1300. The van der Waals surface area contributed by atoms with E-state index in [9.17, 15) is 15.1 Å². The van der Waals surface area contributed by atoms with Crippen LogP contribution in [0.4, 0.5) is 5.95 Å². The highest BCUT2D eigenvalue weighted by molar-refractivity contribution is 6.10. The number of rotatable bonds is 4. The SMILES string of the molecule is CCCn1c2cc(C(=O)O)ccc2c2ccc(-c3cc(=N)n(O)c(N)n3)cc21. The molecule has 2 aromatic carbocycles. The van der Waals surface area contributed by atoms with E-state index < -0.39 is 5.97 Å². The fourth-order valence-corrected chi connectivity index (χ4v) is 3.52. The van der Waals surface area contributed by atoms with Crippen LogP contribution in [0.1, 0.15) is 23.7 Å².